The maximum Gasteiger partial charge on any atom is -0.00670 e. The summed E-state index contributed by atoms with van der Waals surface area (Å²) in [6.45, 7) is 4.21. The van der Waals surface area contributed by atoms with Crippen molar-refractivity contribution in [3.05, 3.63) is 59.7 Å². The molecule has 0 amide bonds. The van der Waals surface area contributed by atoms with Crippen LogP contribution in [0.5, 0.6) is 0 Å². The Morgan fingerprint density at radius 1 is 0.786 bits per heavy atom. The number of benzene rings is 2. The summed E-state index contributed by atoms with van der Waals surface area (Å²) in [7, 11) is 0. The molecule has 0 nitrogen and oxygen atoms in total. The molecule has 0 heterocycles. The van der Waals surface area contributed by atoms with Crippen molar-refractivity contribution in [3.8, 4) is 11.1 Å². The van der Waals surface area contributed by atoms with E-state index < -0.39 is 0 Å². The average Bonchev–Trinajstić information content (AvgIpc) is 2.20. The molecular formula is C14H12. The highest BCUT2D eigenvalue weighted by atomic mass is 14.1. The van der Waals surface area contributed by atoms with Gasteiger partial charge in [-0.25, -0.2) is 0 Å². The molecule has 0 saturated carbocycles. The van der Waals surface area contributed by atoms with E-state index in [1.54, 1.807) is 0 Å². The van der Waals surface area contributed by atoms with Gasteiger partial charge in [0.1, 0.15) is 0 Å². The van der Waals surface area contributed by atoms with Gasteiger partial charge >= 0.3 is 0 Å². The van der Waals surface area contributed by atoms with Crippen LogP contribution in [0.25, 0.3) is 11.1 Å². The van der Waals surface area contributed by atoms with Gasteiger partial charge in [-0.05, 0) is 48.2 Å². The smallest absolute Gasteiger partial charge is 0.00670 e. The molecule has 0 atom stereocenters. The fraction of sp³-hybridized carbons (Fsp3) is 0.143. The molecule has 2 radical (unpaired) electrons. The van der Waals surface area contributed by atoms with E-state index >= 15 is 0 Å². The lowest BCUT2D eigenvalue weighted by Crippen LogP contribution is -1.86. The minimum Gasteiger partial charge on any atom is -0.0613 e. The van der Waals surface area contributed by atoms with Crippen LogP contribution in [-0.4, -0.2) is 0 Å². The lowest BCUT2D eigenvalue weighted by molar-refractivity contribution is 1.40. The van der Waals surface area contributed by atoms with Gasteiger partial charge in [0, 0.05) is 0 Å². The molecule has 0 saturated heterocycles. The summed E-state index contributed by atoms with van der Waals surface area (Å²) in [6.07, 6.45) is 0. The summed E-state index contributed by atoms with van der Waals surface area (Å²) in [5, 5.41) is 0. The van der Waals surface area contributed by atoms with E-state index in [-0.39, 0.29) is 0 Å². The first-order valence-corrected chi connectivity index (χ1v) is 4.74. The fourth-order valence-corrected chi connectivity index (χ4v) is 1.58. The topological polar surface area (TPSA) is 0 Å². The quantitative estimate of drug-likeness (QED) is 0.629. The number of hydrogen-bond acceptors (Lipinski definition) is 0. The Kier molecular flexibility index (Phi) is 2.36. The van der Waals surface area contributed by atoms with E-state index in [1.807, 2.05) is 24.3 Å². The van der Waals surface area contributed by atoms with Crippen LogP contribution in [-0.2, 0) is 0 Å². The molecule has 0 aromatic heterocycles. The third-order valence-corrected chi connectivity index (χ3v) is 2.38. The summed E-state index contributed by atoms with van der Waals surface area (Å²) in [5.41, 5.74) is 4.81. The van der Waals surface area contributed by atoms with E-state index in [9.17, 15) is 0 Å². The zero-order valence-corrected chi connectivity index (χ0v) is 8.46. The van der Waals surface area contributed by atoms with Crippen molar-refractivity contribution >= 4 is 0 Å². The number of aryl methyl sites for hydroxylation is 2. The molecule has 0 unspecified atom stereocenters. The molecule has 0 aliphatic heterocycles. The largest absolute Gasteiger partial charge is 0.0613 e. The summed E-state index contributed by atoms with van der Waals surface area (Å²) in [6, 6.07) is 18.6. The summed E-state index contributed by atoms with van der Waals surface area (Å²) in [5.74, 6) is 0. The van der Waals surface area contributed by atoms with Crippen LogP contribution in [0, 0.1) is 26.0 Å². The summed E-state index contributed by atoms with van der Waals surface area (Å²) >= 11 is 0. The number of hydrogen-bond donors (Lipinski definition) is 0. The molecular weight excluding hydrogens is 168 g/mol. The van der Waals surface area contributed by atoms with Crippen molar-refractivity contribution in [2.24, 2.45) is 0 Å². The van der Waals surface area contributed by atoms with E-state index in [4.69, 9.17) is 0 Å². The fourth-order valence-electron chi connectivity index (χ4n) is 1.58. The Morgan fingerprint density at radius 2 is 1.21 bits per heavy atom. The molecule has 0 aliphatic carbocycles. The van der Waals surface area contributed by atoms with Gasteiger partial charge in [-0.3, -0.25) is 0 Å². The normalized spacial score (nSPS) is 10.1. The molecule has 0 fully saturated rings. The highest BCUT2D eigenvalue weighted by Gasteiger charge is 2.03. The number of rotatable bonds is 1. The van der Waals surface area contributed by atoms with Crippen molar-refractivity contribution in [1.29, 1.82) is 0 Å². The lowest BCUT2D eigenvalue weighted by Gasteiger charge is -2.07. The van der Waals surface area contributed by atoms with Gasteiger partial charge in [-0.2, -0.15) is 0 Å². The van der Waals surface area contributed by atoms with Crippen molar-refractivity contribution in [2.75, 3.05) is 0 Å². The zero-order valence-electron chi connectivity index (χ0n) is 8.46. The Bertz CT molecular complexity index is 398. The van der Waals surface area contributed by atoms with Crippen molar-refractivity contribution in [2.45, 2.75) is 13.8 Å². The minimum absolute atomic E-state index is 1.16. The van der Waals surface area contributed by atoms with Gasteiger partial charge in [-0.15, -0.1) is 0 Å². The van der Waals surface area contributed by atoms with Crippen LogP contribution in [0.3, 0.4) is 0 Å². The molecule has 2 rings (SSSR count). The first-order valence-electron chi connectivity index (χ1n) is 4.74. The van der Waals surface area contributed by atoms with E-state index in [0.717, 1.165) is 11.1 Å². The average molecular weight is 180 g/mol. The van der Waals surface area contributed by atoms with Gasteiger partial charge in [0.25, 0.3) is 0 Å². The maximum atomic E-state index is 3.26. The summed E-state index contributed by atoms with van der Waals surface area (Å²) < 4.78 is 0. The third kappa shape index (κ3) is 1.56. The molecule has 2 aromatic carbocycles. The molecule has 0 bridgehead atoms. The lowest BCUT2D eigenvalue weighted by atomic mass is 9.97. The molecule has 14 heavy (non-hydrogen) atoms. The van der Waals surface area contributed by atoms with Crippen molar-refractivity contribution < 1.29 is 0 Å². The molecule has 0 aliphatic rings. The Balaban J connectivity index is 2.61. The van der Waals surface area contributed by atoms with Crippen molar-refractivity contribution in [1.82, 2.24) is 0 Å². The second-order valence-corrected chi connectivity index (χ2v) is 3.46. The van der Waals surface area contributed by atoms with Crippen LogP contribution in [0.15, 0.2) is 36.4 Å². The molecule has 0 spiro atoms. The first kappa shape index (κ1) is 9.01. The molecule has 0 N–H and O–H groups in total. The monoisotopic (exact) mass is 180 g/mol. The van der Waals surface area contributed by atoms with E-state index in [0.29, 0.717) is 0 Å². The summed E-state index contributed by atoms with van der Waals surface area (Å²) in [4.78, 5) is 0. The minimum atomic E-state index is 1.16. The van der Waals surface area contributed by atoms with Crippen LogP contribution >= 0.6 is 0 Å². The Morgan fingerprint density at radius 3 is 1.57 bits per heavy atom. The van der Waals surface area contributed by atoms with E-state index in [1.165, 1.54) is 11.1 Å². The van der Waals surface area contributed by atoms with Crippen LogP contribution < -0.4 is 0 Å². The highest BCUT2D eigenvalue weighted by Crippen LogP contribution is 2.24. The van der Waals surface area contributed by atoms with Crippen LogP contribution in [0.4, 0.5) is 0 Å². The van der Waals surface area contributed by atoms with Gasteiger partial charge in [0.05, 0.1) is 0 Å². The highest BCUT2D eigenvalue weighted by molar-refractivity contribution is 5.68. The maximum absolute atomic E-state index is 3.26. The van der Waals surface area contributed by atoms with Gasteiger partial charge in [0.15, 0.2) is 0 Å². The van der Waals surface area contributed by atoms with Gasteiger partial charge in [0.2, 0.25) is 0 Å². The standard InChI is InChI=1S/C14H12/c1-11-7-3-5-9-13(11)14-10-6-4-8-12(14)2/h3-8H,1-2H3. The van der Waals surface area contributed by atoms with Crippen molar-refractivity contribution in [3.63, 3.8) is 0 Å². The predicted molar refractivity (Wildman–Crippen MR) is 59.0 cm³/mol. The van der Waals surface area contributed by atoms with E-state index in [2.05, 4.69) is 38.1 Å². The Labute approximate surface area is 85.2 Å². The predicted octanol–water partition coefficient (Wildman–Crippen LogP) is 3.57. The zero-order chi connectivity index (χ0) is 9.97. The molecule has 68 valence electrons. The SMILES string of the molecule is Cc1ccc[c]c1-c1[c]cccc1C. The second-order valence-electron chi connectivity index (χ2n) is 3.46. The second kappa shape index (κ2) is 3.67. The molecule has 0 heteroatoms. The van der Waals surface area contributed by atoms with Crippen LogP contribution in [0.2, 0.25) is 0 Å². The van der Waals surface area contributed by atoms with Gasteiger partial charge < -0.3 is 0 Å². The van der Waals surface area contributed by atoms with Gasteiger partial charge in [-0.1, -0.05) is 36.4 Å². The Hall–Kier alpha value is -1.56. The molecule has 2 aromatic rings. The van der Waals surface area contributed by atoms with Crippen LogP contribution in [0.1, 0.15) is 11.1 Å². The third-order valence-electron chi connectivity index (χ3n) is 2.38. The first-order chi connectivity index (χ1) is 6.79.